The van der Waals surface area contributed by atoms with E-state index in [0.29, 0.717) is 11.4 Å². The fourth-order valence-electron chi connectivity index (χ4n) is 3.57. The second-order valence-corrected chi connectivity index (χ2v) is 12.2. The fraction of sp³-hybridized carbons (Fsp3) is 0.0714. The Bertz CT molecular complexity index is 1650. The molecule has 218 valence electrons. The number of sulfonamides is 2. The number of rotatable bonds is 11. The number of anilines is 4. The molecule has 0 aliphatic heterocycles. The Morgan fingerprint density at radius 1 is 0.476 bits per heavy atom. The summed E-state index contributed by atoms with van der Waals surface area (Å²) in [6, 6.07) is 20.3. The molecule has 0 heterocycles. The summed E-state index contributed by atoms with van der Waals surface area (Å²) in [4.78, 5) is 24.4. The molecule has 2 amide bonds. The van der Waals surface area contributed by atoms with Gasteiger partial charge in [-0.3, -0.25) is 19.0 Å². The zero-order valence-electron chi connectivity index (χ0n) is 21.7. The summed E-state index contributed by atoms with van der Waals surface area (Å²) in [5.74, 6) is -1.98. The third kappa shape index (κ3) is 8.34. The van der Waals surface area contributed by atoms with Crippen LogP contribution in [0.4, 0.5) is 31.5 Å². The standard InChI is InChI=1S/C28H24F2N4O6S2/c29-19-1-5-23(6-2-19)33-41(37,38)25-13-9-21(10-14-25)31-27(35)17-18-28(36)32-22-11-15-26(16-12-22)42(39,40)34-24-7-3-20(30)4-8-24/h1-16,33-34H,17-18H2,(H,31,35)(H,32,36). The van der Waals surface area contributed by atoms with Crippen LogP contribution in [-0.4, -0.2) is 28.6 Å². The second-order valence-electron chi connectivity index (χ2n) is 8.87. The third-order valence-corrected chi connectivity index (χ3v) is 8.46. The Morgan fingerprint density at radius 2 is 0.762 bits per heavy atom. The maximum Gasteiger partial charge on any atom is 0.261 e. The lowest BCUT2D eigenvalue weighted by atomic mass is 10.2. The van der Waals surface area contributed by atoms with Crippen LogP contribution in [0.25, 0.3) is 0 Å². The Balaban J connectivity index is 1.25. The molecule has 42 heavy (non-hydrogen) atoms. The summed E-state index contributed by atoms with van der Waals surface area (Å²) < 4.78 is 80.8. The summed E-state index contributed by atoms with van der Waals surface area (Å²) in [6.07, 6.45) is -0.349. The Morgan fingerprint density at radius 3 is 1.07 bits per heavy atom. The van der Waals surface area contributed by atoms with Crippen molar-refractivity contribution in [2.75, 3.05) is 20.1 Å². The number of halogens is 2. The van der Waals surface area contributed by atoms with Crippen molar-refractivity contribution in [3.63, 3.8) is 0 Å². The van der Waals surface area contributed by atoms with E-state index in [0.717, 1.165) is 24.3 Å². The van der Waals surface area contributed by atoms with Gasteiger partial charge < -0.3 is 10.6 Å². The van der Waals surface area contributed by atoms with Gasteiger partial charge in [0.15, 0.2) is 0 Å². The van der Waals surface area contributed by atoms with Gasteiger partial charge in [0.05, 0.1) is 9.79 Å². The number of carbonyl (C=O) groups is 2. The minimum absolute atomic E-state index is 0.0748. The van der Waals surface area contributed by atoms with Gasteiger partial charge in [0.25, 0.3) is 20.0 Å². The van der Waals surface area contributed by atoms with E-state index < -0.39 is 43.5 Å². The van der Waals surface area contributed by atoms with Crippen LogP contribution >= 0.6 is 0 Å². The maximum absolute atomic E-state index is 13.0. The lowest BCUT2D eigenvalue weighted by Crippen LogP contribution is -2.18. The van der Waals surface area contributed by atoms with Crippen molar-refractivity contribution in [3.8, 4) is 0 Å². The fourth-order valence-corrected chi connectivity index (χ4v) is 5.69. The number of hydrogen-bond acceptors (Lipinski definition) is 6. The average Bonchev–Trinajstić information content (AvgIpc) is 2.95. The van der Waals surface area contributed by atoms with Gasteiger partial charge in [-0.2, -0.15) is 0 Å². The van der Waals surface area contributed by atoms with Crippen molar-refractivity contribution < 1.29 is 35.2 Å². The Labute approximate surface area is 240 Å². The topological polar surface area (TPSA) is 151 Å². The lowest BCUT2D eigenvalue weighted by Gasteiger charge is -2.10. The number of carbonyl (C=O) groups excluding carboxylic acids is 2. The highest BCUT2D eigenvalue weighted by Gasteiger charge is 2.16. The van der Waals surface area contributed by atoms with Gasteiger partial charge in [-0.25, -0.2) is 25.6 Å². The minimum atomic E-state index is -3.94. The van der Waals surface area contributed by atoms with Gasteiger partial charge >= 0.3 is 0 Å². The van der Waals surface area contributed by atoms with Gasteiger partial charge in [0.1, 0.15) is 11.6 Å². The van der Waals surface area contributed by atoms with Crippen LogP contribution in [0.15, 0.2) is 107 Å². The van der Waals surface area contributed by atoms with Crippen molar-refractivity contribution in [1.29, 1.82) is 0 Å². The molecule has 0 saturated heterocycles. The van der Waals surface area contributed by atoms with E-state index >= 15 is 0 Å². The molecule has 4 aromatic rings. The van der Waals surface area contributed by atoms with Crippen LogP contribution in [0.2, 0.25) is 0 Å². The second kappa shape index (κ2) is 12.8. The molecule has 14 heteroatoms. The zero-order chi connectivity index (χ0) is 30.3. The van der Waals surface area contributed by atoms with E-state index in [-0.39, 0.29) is 34.0 Å². The predicted molar refractivity (Wildman–Crippen MR) is 154 cm³/mol. The highest BCUT2D eigenvalue weighted by molar-refractivity contribution is 7.93. The maximum atomic E-state index is 13.0. The van der Waals surface area contributed by atoms with Crippen LogP contribution < -0.4 is 20.1 Å². The summed E-state index contributed by atoms with van der Waals surface area (Å²) in [5.41, 5.74) is 0.998. The van der Waals surface area contributed by atoms with Gasteiger partial charge in [-0.05, 0) is 97.1 Å². The van der Waals surface area contributed by atoms with Gasteiger partial charge in [-0.1, -0.05) is 0 Å². The molecular weight excluding hydrogens is 590 g/mol. The molecule has 4 rings (SSSR count). The summed E-state index contributed by atoms with van der Waals surface area (Å²) in [6.45, 7) is 0. The van der Waals surface area contributed by atoms with Crippen molar-refractivity contribution >= 4 is 54.6 Å². The van der Waals surface area contributed by atoms with Crippen LogP contribution in [0.5, 0.6) is 0 Å². The SMILES string of the molecule is O=C(CCC(=O)Nc1ccc(S(=O)(=O)Nc2ccc(F)cc2)cc1)Nc1ccc(S(=O)(=O)Nc2ccc(F)cc2)cc1. The number of amides is 2. The molecule has 4 aromatic carbocycles. The van der Waals surface area contributed by atoms with Crippen molar-refractivity contribution in [1.82, 2.24) is 0 Å². The number of benzene rings is 4. The van der Waals surface area contributed by atoms with Crippen molar-refractivity contribution in [2.24, 2.45) is 0 Å². The lowest BCUT2D eigenvalue weighted by molar-refractivity contribution is -0.121. The Kier molecular flexibility index (Phi) is 9.18. The van der Waals surface area contributed by atoms with Crippen LogP contribution in [-0.2, 0) is 29.6 Å². The molecule has 0 aromatic heterocycles. The van der Waals surface area contributed by atoms with E-state index in [1.165, 1.54) is 72.8 Å². The van der Waals surface area contributed by atoms with Crippen molar-refractivity contribution in [2.45, 2.75) is 22.6 Å². The third-order valence-electron chi connectivity index (χ3n) is 5.67. The number of nitrogens with one attached hydrogen (secondary N) is 4. The molecule has 10 nitrogen and oxygen atoms in total. The van der Waals surface area contributed by atoms with E-state index in [1.807, 2.05) is 0 Å². The minimum Gasteiger partial charge on any atom is -0.326 e. The normalized spacial score (nSPS) is 11.4. The van der Waals surface area contributed by atoms with Gasteiger partial charge in [-0.15, -0.1) is 0 Å². The first kappa shape index (κ1) is 30.1. The molecule has 0 fully saturated rings. The van der Waals surface area contributed by atoms with E-state index in [4.69, 9.17) is 0 Å². The van der Waals surface area contributed by atoms with Crippen LogP contribution in [0.1, 0.15) is 12.8 Å². The zero-order valence-corrected chi connectivity index (χ0v) is 23.3. The van der Waals surface area contributed by atoms with Crippen LogP contribution in [0.3, 0.4) is 0 Å². The first-order valence-corrected chi connectivity index (χ1v) is 15.2. The summed E-state index contributed by atoms with van der Waals surface area (Å²) >= 11 is 0. The Hall–Kier alpha value is -4.82. The van der Waals surface area contributed by atoms with E-state index in [1.54, 1.807) is 0 Å². The molecule has 0 spiro atoms. The molecule has 0 saturated carbocycles. The molecule has 0 unspecified atom stereocenters. The molecule has 0 radical (unpaired) electrons. The largest absolute Gasteiger partial charge is 0.326 e. The monoisotopic (exact) mass is 614 g/mol. The molecule has 0 aliphatic carbocycles. The van der Waals surface area contributed by atoms with Crippen LogP contribution in [0, 0.1) is 11.6 Å². The summed E-state index contributed by atoms with van der Waals surface area (Å²) in [7, 11) is -7.87. The highest BCUT2D eigenvalue weighted by atomic mass is 32.2. The van der Waals surface area contributed by atoms with Crippen molar-refractivity contribution in [3.05, 3.63) is 109 Å². The van der Waals surface area contributed by atoms with E-state index in [2.05, 4.69) is 20.1 Å². The van der Waals surface area contributed by atoms with Gasteiger partial charge in [0, 0.05) is 35.6 Å². The smallest absolute Gasteiger partial charge is 0.261 e. The average molecular weight is 615 g/mol. The molecule has 4 N–H and O–H groups in total. The predicted octanol–water partition coefficient (Wildman–Crippen LogP) is 4.92. The number of hydrogen-bond donors (Lipinski definition) is 4. The summed E-state index contributed by atoms with van der Waals surface area (Å²) in [5, 5.41) is 5.15. The molecule has 0 bridgehead atoms. The highest BCUT2D eigenvalue weighted by Crippen LogP contribution is 2.20. The molecule has 0 aliphatic rings. The first-order valence-electron chi connectivity index (χ1n) is 12.3. The van der Waals surface area contributed by atoms with Gasteiger partial charge in [0.2, 0.25) is 11.8 Å². The van der Waals surface area contributed by atoms with E-state index in [9.17, 15) is 35.2 Å². The molecule has 0 atom stereocenters. The quantitative estimate of drug-likeness (QED) is 0.188. The molecular formula is C28H24F2N4O6S2. The first-order chi connectivity index (χ1) is 19.9.